The quantitative estimate of drug-likeness (QED) is 0.609. The van der Waals surface area contributed by atoms with E-state index in [0.717, 1.165) is 6.07 Å². The van der Waals surface area contributed by atoms with Crippen LogP contribution in [0.25, 0.3) is 0 Å². The Morgan fingerprint density at radius 2 is 1.26 bits per heavy atom. The van der Waals surface area contributed by atoms with E-state index in [9.17, 15) is 23.4 Å². The summed E-state index contributed by atoms with van der Waals surface area (Å²) >= 11 is 0. The molecule has 0 heterocycles. The van der Waals surface area contributed by atoms with Gasteiger partial charge in [0.2, 0.25) is 0 Å². The average Bonchev–Trinajstić information content (AvgIpc) is 2.64. The van der Waals surface area contributed by atoms with Crippen molar-refractivity contribution < 1.29 is 28.1 Å². The van der Waals surface area contributed by atoms with Crippen molar-refractivity contribution in [3.63, 3.8) is 0 Å². The summed E-state index contributed by atoms with van der Waals surface area (Å²) < 4.78 is 46.2. The van der Waals surface area contributed by atoms with Crippen LogP contribution >= 0.6 is 0 Å². The molecule has 0 unspecified atom stereocenters. The summed E-state index contributed by atoms with van der Waals surface area (Å²) in [5.41, 5.74) is 0.413. The van der Waals surface area contributed by atoms with Gasteiger partial charge in [0.05, 0.1) is 12.7 Å². The molecule has 0 saturated heterocycles. The van der Waals surface area contributed by atoms with Crippen LogP contribution in [0.1, 0.15) is 28.2 Å². The second kappa shape index (κ2) is 7.23. The largest absolute Gasteiger partial charge is 0.508 e. The van der Waals surface area contributed by atoms with E-state index in [1.807, 2.05) is 0 Å². The van der Waals surface area contributed by atoms with Gasteiger partial charge in [0.1, 0.15) is 17.2 Å². The number of benzene rings is 3. The fraction of sp³-hybridized carbons (Fsp3) is 0.143. The second-order valence-corrected chi connectivity index (χ2v) is 6.07. The van der Waals surface area contributed by atoms with Crippen molar-refractivity contribution in [2.45, 2.75) is 12.1 Å². The Morgan fingerprint density at radius 1 is 0.778 bits per heavy atom. The molecule has 0 fully saturated rings. The van der Waals surface area contributed by atoms with Gasteiger partial charge >= 0.3 is 6.18 Å². The van der Waals surface area contributed by atoms with Gasteiger partial charge in [-0.1, -0.05) is 30.3 Å². The number of phenols is 2. The standard InChI is InChI=1S/C21H17F3O3/c1-27-17-10-11-18(19(12-17)21(22,23)24)20(13-2-6-15(25)7-3-13)14-4-8-16(26)9-5-14/h2-12,20,25-26H,1H3. The highest BCUT2D eigenvalue weighted by atomic mass is 19.4. The summed E-state index contributed by atoms with van der Waals surface area (Å²) in [6, 6.07) is 15.9. The molecule has 2 N–H and O–H groups in total. The maximum atomic E-state index is 13.7. The molecule has 0 aromatic heterocycles. The van der Waals surface area contributed by atoms with Gasteiger partial charge in [-0.25, -0.2) is 0 Å². The molecule has 0 aliphatic rings. The van der Waals surface area contributed by atoms with Crippen molar-refractivity contribution in [3.05, 3.63) is 89.0 Å². The van der Waals surface area contributed by atoms with Crippen LogP contribution in [-0.4, -0.2) is 17.3 Å². The van der Waals surface area contributed by atoms with Crippen LogP contribution in [-0.2, 0) is 6.18 Å². The maximum absolute atomic E-state index is 13.7. The Hall–Kier alpha value is -3.15. The van der Waals surface area contributed by atoms with Crippen LogP contribution in [0, 0.1) is 0 Å². The molecule has 0 spiro atoms. The van der Waals surface area contributed by atoms with E-state index >= 15 is 0 Å². The van der Waals surface area contributed by atoms with E-state index < -0.39 is 17.7 Å². The highest BCUT2D eigenvalue weighted by Gasteiger charge is 2.36. The Labute approximate surface area is 154 Å². The van der Waals surface area contributed by atoms with Gasteiger partial charge in [0, 0.05) is 5.92 Å². The fourth-order valence-electron chi connectivity index (χ4n) is 3.04. The molecule has 140 valence electrons. The Balaban J connectivity index is 2.25. The minimum Gasteiger partial charge on any atom is -0.508 e. The summed E-state index contributed by atoms with van der Waals surface area (Å²) in [5.74, 6) is -0.585. The first-order chi connectivity index (χ1) is 12.8. The van der Waals surface area contributed by atoms with Gasteiger partial charge in [-0.3, -0.25) is 0 Å². The molecule has 0 saturated carbocycles. The van der Waals surface area contributed by atoms with E-state index in [-0.39, 0.29) is 22.8 Å². The zero-order valence-corrected chi connectivity index (χ0v) is 14.4. The zero-order valence-electron chi connectivity index (χ0n) is 14.4. The lowest BCUT2D eigenvalue weighted by Gasteiger charge is -2.23. The molecule has 6 heteroatoms. The zero-order chi connectivity index (χ0) is 19.6. The first kappa shape index (κ1) is 18.6. The third-order valence-corrected chi connectivity index (χ3v) is 4.33. The fourth-order valence-corrected chi connectivity index (χ4v) is 3.04. The predicted molar refractivity (Wildman–Crippen MR) is 95.2 cm³/mol. The topological polar surface area (TPSA) is 49.7 Å². The number of ether oxygens (including phenoxy) is 1. The van der Waals surface area contributed by atoms with Crippen molar-refractivity contribution in [1.82, 2.24) is 0 Å². The summed E-state index contributed by atoms with van der Waals surface area (Å²) in [5, 5.41) is 19.1. The minimum absolute atomic E-state index is 0.0222. The molecule has 0 atom stereocenters. The van der Waals surface area contributed by atoms with Gasteiger partial charge in [-0.05, 0) is 53.1 Å². The van der Waals surface area contributed by atoms with E-state index in [2.05, 4.69) is 0 Å². The SMILES string of the molecule is COc1ccc(C(c2ccc(O)cc2)c2ccc(O)cc2)c(C(F)(F)F)c1. The molecule has 3 aromatic carbocycles. The number of aromatic hydroxyl groups is 2. The average molecular weight is 374 g/mol. The summed E-state index contributed by atoms with van der Waals surface area (Å²) in [4.78, 5) is 0. The lowest BCUT2D eigenvalue weighted by molar-refractivity contribution is -0.138. The number of alkyl halides is 3. The molecule has 0 aliphatic heterocycles. The van der Waals surface area contributed by atoms with E-state index in [1.54, 1.807) is 24.3 Å². The van der Waals surface area contributed by atoms with Crippen LogP contribution in [0.15, 0.2) is 66.7 Å². The number of hydrogen-bond acceptors (Lipinski definition) is 3. The Bertz CT molecular complexity index is 871. The van der Waals surface area contributed by atoms with E-state index in [1.165, 1.54) is 43.5 Å². The van der Waals surface area contributed by atoms with Gasteiger partial charge in [0.25, 0.3) is 0 Å². The maximum Gasteiger partial charge on any atom is 0.416 e. The molecule has 27 heavy (non-hydrogen) atoms. The van der Waals surface area contributed by atoms with Gasteiger partial charge in [0.15, 0.2) is 0 Å². The molecular weight excluding hydrogens is 357 g/mol. The van der Waals surface area contributed by atoms with Crippen LogP contribution < -0.4 is 4.74 Å². The minimum atomic E-state index is -4.57. The van der Waals surface area contributed by atoms with Crippen molar-refractivity contribution in [2.24, 2.45) is 0 Å². The summed E-state index contributed by atoms with van der Waals surface area (Å²) in [7, 11) is 1.31. The highest BCUT2D eigenvalue weighted by molar-refractivity contribution is 5.50. The normalized spacial score (nSPS) is 11.6. The van der Waals surface area contributed by atoms with Gasteiger partial charge in [-0.2, -0.15) is 13.2 Å². The second-order valence-electron chi connectivity index (χ2n) is 6.07. The molecule has 3 aromatic rings. The number of phenolic OH excluding ortho intramolecular Hbond substituents is 2. The molecule has 3 rings (SSSR count). The highest BCUT2D eigenvalue weighted by Crippen LogP contribution is 2.42. The lowest BCUT2D eigenvalue weighted by atomic mass is 9.82. The summed E-state index contributed by atoms with van der Waals surface area (Å²) in [6.45, 7) is 0. The van der Waals surface area contributed by atoms with Gasteiger partial charge in [-0.15, -0.1) is 0 Å². The molecule has 0 aliphatic carbocycles. The molecule has 0 bridgehead atoms. The van der Waals surface area contributed by atoms with Gasteiger partial charge < -0.3 is 14.9 Å². The Morgan fingerprint density at radius 3 is 1.67 bits per heavy atom. The predicted octanol–water partition coefficient (Wildman–Crippen LogP) is 5.31. The van der Waals surface area contributed by atoms with Crippen molar-refractivity contribution >= 4 is 0 Å². The Kier molecular flexibility index (Phi) is 4.99. The number of rotatable bonds is 4. The van der Waals surface area contributed by atoms with E-state index in [4.69, 9.17) is 4.74 Å². The third-order valence-electron chi connectivity index (χ3n) is 4.33. The third kappa shape index (κ3) is 4.00. The van der Waals surface area contributed by atoms with Crippen LogP contribution in [0.4, 0.5) is 13.2 Å². The molecule has 3 nitrogen and oxygen atoms in total. The smallest absolute Gasteiger partial charge is 0.416 e. The van der Waals surface area contributed by atoms with Crippen LogP contribution in [0.2, 0.25) is 0 Å². The van der Waals surface area contributed by atoms with Crippen molar-refractivity contribution in [1.29, 1.82) is 0 Å². The molecule has 0 radical (unpaired) electrons. The lowest BCUT2D eigenvalue weighted by Crippen LogP contribution is -2.14. The first-order valence-corrected chi connectivity index (χ1v) is 8.12. The molecular formula is C21H17F3O3. The van der Waals surface area contributed by atoms with Crippen molar-refractivity contribution in [3.8, 4) is 17.2 Å². The van der Waals surface area contributed by atoms with E-state index in [0.29, 0.717) is 11.1 Å². The number of methoxy groups -OCH3 is 1. The van der Waals surface area contributed by atoms with Crippen molar-refractivity contribution in [2.75, 3.05) is 7.11 Å². The number of hydrogen-bond donors (Lipinski definition) is 2. The van der Waals surface area contributed by atoms with Crippen LogP contribution in [0.5, 0.6) is 17.2 Å². The number of halogens is 3. The monoisotopic (exact) mass is 374 g/mol. The molecule has 0 amide bonds. The first-order valence-electron chi connectivity index (χ1n) is 8.12. The summed E-state index contributed by atoms with van der Waals surface area (Å²) in [6.07, 6.45) is -4.57. The van der Waals surface area contributed by atoms with Crippen LogP contribution in [0.3, 0.4) is 0 Å².